The van der Waals surface area contributed by atoms with Crippen LogP contribution in [0.15, 0.2) is 59.5 Å². The first-order valence-corrected chi connectivity index (χ1v) is 9.21. The lowest BCUT2D eigenvalue weighted by Crippen LogP contribution is -2.33. The monoisotopic (exact) mass is 379 g/mol. The Morgan fingerprint density at radius 3 is 2.35 bits per heavy atom. The number of carboxylic acid groups (broad SMARTS) is 1. The van der Waals surface area contributed by atoms with Crippen LogP contribution in [0.5, 0.6) is 5.75 Å². The summed E-state index contributed by atoms with van der Waals surface area (Å²) in [5.74, 6) is -2.50. The summed E-state index contributed by atoms with van der Waals surface area (Å²) in [4.78, 5) is 32.6. The summed E-state index contributed by atoms with van der Waals surface area (Å²) in [6, 6.07) is 13.6. The minimum Gasteiger partial charge on any atom is -0.478 e. The van der Waals surface area contributed by atoms with E-state index in [1.54, 1.807) is 30.3 Å². The standard InChI is InChI=1S/C17H17NO7S/c19-16(12-26(22,23)13-6-2-1-3-7-13)18-10-11-24-25-15-9-5-4-8-14(15)17(20)21/h1-9H,10-12H2,(H,18,19)(H,20,21). The second-order valence-corrected chi connectivity index (χ2v) is 7.12. The molecule has 0 atom stereocenters. The van der Waals surface area contributed by atoms with E-state index in [1.165, 1.54) is 24.3 Å². The predicted octanol–water partition coefficient (Wildman–Crippen LogP) is 1.29. The van der Waals surface area contributed by atoms with Crippen LogP contribution in [0.1, 0.15) is 10.4 Å². The van der Waals surface area contributed by atoms with Gasteiger partial charge in [-0.15, -0.1) is 0 Å². The van der Waals surface area contributed by atoms with Crippen LogP contribution in [0.3, 0.4) is 0 Å². The van der Waals surface area contributed by atoms with Gasteiger partial charge >= 0.3 is 5.97 Å². The average Bonchev–Trinajstić information content (AvgIpc) is 2.62. The van der Waals surface area contributed by atoms with E-state index in [0.29, 0.717) is 0 Å². The fourth-order valence-corrected chi connectivity index (χ4v) is 3.17. The van der Waals surface area contributed by atoms with Crippen LogP contribution in [0.4, 0.5) is 0 Å². The Hall–Kier alpha value is -2.91. The Kier molecular flexibility index (Phi) is 6.70. The van der Waals surface area contributed by atoms with Crippen molar-refractivity contribution in [1.29, 1.82) is 0 Å². The molecule has 138 valence electrons. The molecule has 0 saturated carbocycles. The van der Waals surface area contributed by atoms with Crippen LogP contribution < -0.4 is 10.2 Å². The number of carboxylic acids is 1. The molecular weight excluding hydrogens is 362 g/mol. The smallest absolute Gasteiger partial charge is 0.339 e. The quantitative estimate of drug-likeness (QED) is 0.383. The van der Waals surface area contributed by atoms with Crippen LogP contribution in [-0.4, -0.2) is 44.3 Å². The summed E-state index contributed by atoms with van der Waals surface area (Å²) in [5, 5.41) is 11.4. The number of hydrogen-bond donors (Lipinski definition) is 2. The normalized spacial score (nSPS) is 10.9. The molecule has 2 N–H and O–H groups in total. The van der Waals surface area contributed by atoms with E-state index in [4.69, 9.17) is 14.9 Å². The molecule has 8 nitrogen and oxygen atoms in total. The van der Waals surface area contributed by atoms with Gasteiger partial charge in [-0.25, -0.2) is 13.2 Å². The first kappa shape index (κ1) is 19.4. The molecule has 0 aliphatic heterocycles. The highest BCUT2D eigenvalue weighted by atomic mass is 32.2. The van der Waals surface area contributed by atoms with Gasteiger partial charge in [0, 0.05) is 6.54 Å². The number of amides is 1. The molecule has 2 aromatic rings. The average molecular weight is 379 g/mol. The van der Waals surface area contributed by atoms with Crippen molar-refractivity contribution in [3.63, 3.8) is 0 Å². The summed E-state index contributed by atoms with van der Waals surface area (Å²) < 4.78 is 24.1. The minimum absolute atomic E-state index is 0.00161. The first-order valence-electron chi connectivity index (χ1n) is 7.56. The van der Waals surface area contributed by atoms with Crippen molar-refractivity contribution in [2.75, 3.05) is 18.9 Å². The van der Waals surface area contributed by atoms with Gasteiger partial charge < -0.3 is 15.3 Å². The van der Waals surface area contributed by atoms with E-state index < -0.39 is 27.5 Å². The number of benzene rings is 2. The zero-order valence-corrected chi connectivity index (χ0v) is 14.4. The highest BCUT2D eigenvalue weighted by Gasteiger charge is 2.18. The van der Waals surface area contributed by atoms with E-state index in [9.17, 15) is 18.0 Å². The largest absolute Gasteiger partial charge is 0.478 e. The van der Waals surface area contributed by atoms with Gasteiger partial charge in [-0.3, -0.25) is 4.79 Å². The number of para-hydroxylation sites is 1. The maximum Gasteiger partial charge on any atom is 0.339 e. The number of carbonyl (C=O) groups excluding carboxylic acids is 1. The fraction of sp³-hybridized carbons (Fsp3) is 0.176. The Bertz CT molecular complexity index is 866. The molecule has 0 radical (unpaired) electrons. The summed E-state index contributed by atoms with van der Waals surface area (Å²) in [6.07, 6.45) is 0. The van der Waals surface area contributed by atoms with E-state index in [2.05, 4.69) is 5.32 Å². The second kappa shape index (κ2) is 8.97. The number of nitrogens with one attached hydrogen (secondary N) is 1. The molecular formula is C17H17NO7S. The molecule has 26 heavy (non-hydrogen) atoms. The van der Waals surface area contributed by atoms with Gasteiger partial charge in [0.05, 0.1) is 4.90 Å². The topological polar surface area (TPSA) is 119 Å². The first-order chi connectivity index (χ1) is 12.4. The SMILES string of the molecule is O=C(CS(=O)(=O)c1ccccc1)NCCOOc1ccccc1C(=O)O. The summed E-state index contributed by atoms with van der Waals surface area (Å²) in [7, 11) is -3.71. The molecule has 0 fully saturated rings. The van der Waals surface area contributed by atoms with Crippen molar-refractivity contribution in [3.8, 4) is 5.75 Å². The summed E-state index contributed by atoms with van der Waals surface area (Å²) in [5.41, 5.74) is -0.0644. The predicted molar refractivity (Wildman–Crippen MR) is 91.5 cm³/mol. The molecule has 0 saturated heterocycles. The molecule has 1 amide bonds. The van der Waals surface area contributed by atoms with E-state index in [0.717, 1.165) is 0 Å². The van der Waals surface area contributed by atoms with Gasteiger partial charge in [-0.1, -0.05) is 30.3 Å². The van der Waals surface area contributed by atoms with E-state index in [1.807, 2.05) is 0 Å². The maximum absolute atomic E-state index is 12.0. The van der Waals surface area contributed by atoms with Crippen LogP contribution in [0.2, 0.25) is 0 Å². The van der Waals surface area contributed by atoms with E-state index >= 15 is 0 Å². The molecule has 0 spiro atoms. The number of aromatic carboxylic acids is 1. The molecule has 0 aliphatic rings. The van der Waals surface area contributed by atoms with Gasteiger partial charge in [-0.2, -0.15) is 4.89 Å². The molecule has 2 rings (SSSR count). The summed E-state index contributed by atoms with van der Waals surface area (Å²) >= 11 is 0. The second-order valence-electron chi connectivity index (χ2n) is 5.13. The summed E-state index contributed by atoms with van der Waals surface area (Å²) in [6.45, 7) is -0.0938. The van der Waals surface area contributed by atoms with Crippen LogP contribution in [0, 0.1) is 0 Å². The van der Waals surface area contributed by atoms with Crippen LogP contribution in [-0.2, 0) is 19.5 Å². The third-order valence-corrected chi connectivity index (χ3v) is 4.83. The van der Waals surface area contributed by atoms with Gasteiger partial charge in [0.2, 0.25) is 5.91 Å². The van der Waals surface area contributed by atoms with Gasteiger partial charge in [0.1, 0.15) is 17.9 Å². The molecule has 2 aromatic carbocycles. The lowest BCUT2D eigenvalue weighted by atomic mass is 10.2. The van der Waals surface area contributed by atoms with Crippen molar-refractivity contribution < 1.29 is 32.9 Å². The van der Waals surface area contributed by atoms with Gasteiger partial charge in [-0.05, 0) is 24.3 Å². The number of rotatable bonds is 9. The zero-order chi connectivity index (χ0) is 19.0. The lowest BCUT2D eigenvalue weighted by molar-refractivity contribution is -0.205. The number of carbonyl (C=O) groups is 2. The molecule has 0 bridgehead atoms. The van der Waals surface area contributed by atoms with Crippen LogP contribution >= 0.6 is 0 Å². The van der Waals surface area contributed by atoms with Crippen molar-refractivity contribution in [2.45, 2.75) is 4.90 Å². The Morgan fingerprint density at radius 2 is 1.65 bits per heavy atom. The van der Waals surface area contributed by atoms with Crippen molar-refractivity contribution >= 4 is 21.7 Å². The number of sulfone groups is 1. The molecule has 0 aromatic heterocycles. The molecule has 0 heterocycles. The van der Waals surface area contributed by atoms with Crippen molar-refractivity contribution in [2.24, 2.45) is 0 Å². The Morgan fingerprint density at radius 1 is 1.00 bits per heavy atom. The molecule has 0 unspecified atom stereocenters. The third kappa shape index (κ3) is 5.57. The van der Waals surface area contributed by atoms with Crippen LogP contribution in [0.25, 0.3) is 0 Å². The minimum atomic E-state index is -3.71. The van der Waals surface area contributed by atoms with E-state index in [-0.39, 0.29) is 29.4 Å². The lowest BCUT2D eigenvalue weighted by Gasteiger charge is -2.08. The zero-order valence-electron chi connectivity index (χ0n) is 13.6. The van der Waals surface area contributed by atoms with Gasteiger partial charge in [0.25, 0.3) is 0 Å². The fourth-order valence-electron chi connectivity index (χ4n) is 1.99. The highest BCUT2D eigenvalue weighted by Crippen LogP contribution is 2.17. The van der Waals surface area contributed by atoms with Crippen molar-refractivity contribution in [3.05, 3.63) is 60.2 Å². The number of hydrogen-bond acceptors (Lipinski definition) is 6. The Balaban J connectivity index is 1.75. The highest BCUT2D eigenvalue weighted by molar-refractivity contribution is 7.92. The maximum atomic E-state index is 12.0. The van der Waals surface area contributed by atoms with Crippen molar-refractivity contribution in [1.82, 2.24) is 5.32 Å². The third-order valence-electron chi connectivity index (χ3n) is 3.20. The van der Waals surface area contributed by atoms with Gasteiger partial charge in [0.15, 0.2) is 15.6 Å². The molecule has 9 heteroatoms. The molecule has 0 aliphatic carbocycles. The Labute approximate surface area is 150 Å².